The Morgan fingerprint density at radius 2 is 1.91 bits per heavy atom. The number of hydrogen-bond donors (Lipinski definition) is 5. The lowest BCUT2D eigenvalue weighted by Crippen LogP contribution is -2.83. The zero-order valence-corrected chi connectivity index (χ0v) is 19.0. The number of nitrogen functional groups attached to an aromatic ring is 1. The van der Waals surface area contributed by atoms with Crippen LogP contribution < -0.4 is 16.4 Å². The number of ether oxygens (including phenoxy) is 3. The van der Waals surface area contributed by atoms with Crippen LogP contribution in [0.3, 0.4) is 0 Å². The summed E-state index contributed by atoms with van der Waals surface area (Å²) in [7, 11) is 0. The minimum atomic E-state index is -2.16. The smallest absolute Gasteiger partial charge is 0.278 e. The number of carbonyl (C=O) groups is 2. The third kappa shape index (κ3) is 3.76. The van der Waals surface area contributed by atoms with Crippen molar-refractivity contribution in [3.8, 4) is 0 Å². The van der Waals surface area contributed by atoms with Crippen LogP contribution >= 0.6 is 11.8 Å². The molecule has 5 rings (SSSR count). The van der Waals surface area contributed by atoms with E-state index < -0.39 is 46.7 Å². The Bertz CT molecular complexity index is 930. The predicted molar refractivity (Wildman–Crippen MR) is 115 cm³/mol. The monoisotopic (exact) mass is 467 g/mol. The lowest BCUT2D eigenvalue weighted by Gasteiger charge is -2.51. The number of aliphatic hydroxyl groups is 2. The van der Waals surface area contributed by atoms with E-state index in [0.29, 0.717) is 11.4 Å². The van der Waals surface area contributed by atoms with Crippen LogP contribution in [0.4, 0.5) is 5.69 Å². The number of hydrogen-bond acceptors (Lipinski definition) is 9. The van der Waals surface area contributed by atoms with Crippen LogP contribution in [-0.4, -0.2) is 69.9 Å². The Balaban J connectivity index is 1.56. The van der Waals surface area contributed by atoms with Gasteiger partial charge in [-0.1, -0.05) is 12.1 Å². The van der Waals surface area contributed by atoms with E-state index in [2.05, 4.69) is 10.6 Å². The number of nitrogens with one attached hydrogen (secondary N) is 2. The number of nitrogens with two attached hydrogens (primary N) is 1. The summed E-state index contributed by atoms with van der Waals surface area (Å²) in [6.07, 6.45) is -1.34. The molecule has 4 heterocycles. The number of fused-ring (bicyclic) bond motifs is 5. The predicted octanol–water partition coefficient (Wildman–Crippen LogP) is -0.0692. The molecular weight excluding hydrogens is 438 g/mol. The second-order valence-corrected chi connectivity index (χ2v) is 10.2. The first kappa shape index (κ1) is 23.3. The topological polar surface area (TPSA) is 152 Å². The van der Waals surface area contributed by atoms with Crippen LogP contribution in [0.15, 0.2) is 29.2 Å². The highest BCUT2D eigenvalue weighted by Gasteiger charge is 2.66. The first-order chi connectivity index (χ1) is 14.9. The Labute approximate surface area is 190 Å². The number of carbonyl (C=O) groups excluding carboxylic acids is 2. The Hall–Kier alpha value is -1.89. The van der Waals surface area contributed by atoms with E-state index in [1.54, 1.807) is 26.8 Å². The minimum absolute atomic E-state index is 0.0164. The molecule has 2 amide bonds. The summed E-state index contributed by atoms with van der Waals surface area (Å²) in [5.74, 6) is -3.04. The van der Waals surface area contributed by atoms with Gasteiger partial charge in [0, 0.05) is 22.3 Å². The second-order valence-electron chi connectivity index (χ2n) is 9.10. The number of para-hydroxylation sites is 1. The van der Waals surface area contributed by atoms with E-state index >= 15 is 0 Å². The second kappa shape index (κ2) is 7.86. The molecule has 1 aromatic rings. The summed E-state index contributed by atoms with van der Waals surface area (Å²) < 4.78 is 17.2. The van der Waals surface area contributed by atoms with Crippen molar-refractivity contribution in [2.45, 2.75) is 61.0 Å². The van der Waals surface area contributed by atoms with Crippen molar-refractivity contribution in [3.63, 3.8) is 0 Å². The van der Waals surface area contributed by atoms with Gasteiger partial charge < -0.3 is 40.8 Å². The molecule has 6 N–H and O–H groups in total. The number of thioether (sulfide) groups is 1. The molecule has 0 saturated carbocycles. The summed E-state index contributed by atoms with van der Waals surface area (Å²) in [6, 6.07) is 7.27. The van der Waals surface area contributed by atoms with Crippen molar-refractivity contribution >= 4 is 29.3 Å². The van der Waals surface area contributed by atoms with Crippen LogP contribution in [0.5, 0.6) is 0 Å². The maximum Gasteiger partial charge on any atom is 0.278 e. The molecule has 4 saturated heterocycles. The fraction of sp³-hybridized carbons (Fsp3) is 0.619. The largest absolute Gasteiger partial charge is 0.398 e. The SMILES string of the molecule is CC1(C)OC[C@@](C)([C@H](O)[C@@]23NC(=O)[C@@](O)(NC2=O)C(CSc2ccccc2N)CCO3)O1. The van der Waals surface area contributed by atoms with Crippen LogP contribution in [0, 0.1) is 5.92 Å². The van der Waals surface area contributed by atoms with E-state index in [9.17, 15) is 19.8 Å². The van der Waals surface area contributed by atoms with Crippen molar-refractivity contribution in [3.05, 3.63) is 24.3 Å². The quantitative estimate of drug-likeness (QED) is 0.296. The third-order valence-electron chi connectivity index (χ3n) is 6.18. The Morgan fingerprint density at radius 1 is 1.19 bits per heavy atom. The summed E-state index contributed by atoms with van der Waals surface area (Å²) in [5.41, 5.74) is 0.958. The number of aliphatic hydroxyl groups excluding tert-OH is 1. The van der Waals surface area contributed by atoms with Gasteiger partial charge in [0.25, 0.3) is 17.5 Å². The molecule has 4 aliphatic heterocycles. The van der Waals surface area contributed by atoms with Crippen LogP contribution in [0.25, 0.3) is 0 Å². The number of rotatable bonds is 5. The van der Waals surface area contributed by atoms with Gasteiger partial charge in [-0.15, -0.1) is 11.8 Å². The zero-order chi connectivity index (χ0) is 23.4. The van der Waals surface area contributed by atoms with Gasteiger partial charge in [-0.2, -0.15) is 0 Å². The van der Waals surface area contributed by atoms with E-state index in [0.717, 1.165) is 4.90 Å². The molecule has 0 spiro atoms. The van der Waals surface area contributed by atoms with Crippen LogP contribution in [0.1, 0.15) is 27.2 Å². The van der Waals surface area contributed by atoms with E-state index in [4.69, 9.17) is 19.9 Å². The molecule has 32 heavy (non-hydrogen) atoms. The van der Waals surface area contributed by atoms with E-state index in [-0.39, 0.29) is 19.6 Å². The maximum absolute atomic E-state index is 13.2. The first-order valence-electron chi connectivity index (χ1n) is 10.4. The van der Waals surface area contributed by atoms with Gasteiger partial charge in [-0.3, -0.25) is 9.59 Å². The lowest BCUT2D eigenvalue weighted by molar-refractivity contribution is -0.247. The molecule has 0 aromatic heterocycles. The van der Waals surface area contributed by atoms with Gasteiger partial charge in [0.1, 0.15) is 11.7 Å². The van der Waals surface area contributed by atoms with Crippen LogP contribution in [0.2, 0.25) is 0 Å². The van der Waals surface area contributed by atoms with E-state index in [1.165, 1.54) is 11.8 Å². The normalized spacial score (nSPS) is 37.3. The summed E-state index contributed by atoms with van der Waals surface area (Å²) in [6.45, 7) is 4.94. The minimum Gasteiger partial charge on any atom is -0.398 e. The standard InChI is InChI=1S/C21H29N3O7S/c1-18(2)30-11-19(3,31-18)15(25)21-17(27)23-20(28,16(26)24-21)12(8-9-29-21)10-32-14-7-5-4-6-13(14)22/h4-7,12,15,25,28H,8-11,22H2,1-3H3,(H,23,27)(H,24,26)/t12?,15-,19-,20+,21-/m0/s1. The van der Waals surface area contributed by atoms with Crippen molar-refractivity contribution < 1.29 is 34.0 Å². The zero-order valence-electron chi connectivity index (χ0n) is 18.2. The van der Waals surface area contributed by atoms with Crippen molar-refractivity contribution in [2.75, 3.05) is 24.7 Å². The summed E-state index contributed by atoms with van der Waals surface area (Å²) >= 11 is 1.37. The Kier molecular flexibility index (Phi) is 5.71. The first-order valence-corrected chi connectivity index (χ1v) is 11.4. The number of amides is 2. The highest BCUT2D eigenvalue weighted by Crippen LogP contribution is 2.41. The Morgan fingerprint density at radius 3 is 2.56 bits per heavy atom. The molecule has 0 aliphatic carbocycles. The molecular formula is C21H29N3O7S. The average Bonchev–Trinajstić information content (AvgIpc) is 3.01. The number of anilines is 1. The van der Waals surface area contributed by atoms with Gasteiger partial charge in [0.05, 0.1) is 13.2 Å². The molecule has 5 atom stereocenters. The van der Waals surface area contributed by atoms with Crippen molar-refractivity contribution in [1.82, 2.24) is 10.6 Å². The molecule has 4 fully saturated rings. The van der Waals surface area contributed by atoms with Gasteiger partial charge in [0.15, 0.2) is 5.79 Å². The molecule has 2 bridgehead atoms. The van der Waals surface area contributed by atoms with Crippen molar-refractivity contribution in [2.24, 2.45) is 5.92 Å². The van der Waals surface area contributed by atoms with Crippen molar-refractivity contribution in [1.29, 1.82) is 0 Å². The fourth-order valence-corrected chi connectivity index (χ4v) is 5.58. The molecule has 0 radical (unpaired) electrons. The average molecular weight is 468 g/mol. The highest BCUT2D eigenvalue weighted by molar-refractivity contribution is 7.99. The van der Waals surface area contributed by atoms with Gasteiger partial charge in [0.2, 0.25) is 5.72 Å². The molecule has 11 heteroatoms. The molecule has 4 aliphatic rings. The highest BCUT2D eigenvalue weighted by atomic mass is 32.2. The number of benzene rings is 1. The van der Waals surface area contributed by atoms with Crippen LogP contribution in [-0.2, 0) is 23.8 Å². The van der Waals surface area contributed by atoms with Gasteiger partial charge in [-0.05, 0) is 39.3 Å². The van der Waals surface area contributed by atoms with Gasteiger partial charge in [-0.25, -0.2) is 0 Å². The lowest BCUT2D eigenvalue weighted by atomic mass is 9.83. The fourth-order valence-electron chi connectivity index (χ4n) is 4.38. The summed E-state index contributed by atoms with van der Waals surface area (Å²) in [4.78, 5) is 27.1. The molecule has 1 aromatic carbocycles. The summed E-state index contributed by atoms with van der Waals surface area (Å²) in [5, 5.41) is 27.2. The van der Waals surface area contributed by atoms with Gasteiger partial charge >= 0.3 is 0 Å². The molecule has 1 unspecified atom stereocenters. The third-order valence-corrected chi connectivity index (χ3v) is 7.43. The maximum atomic E-state index is 13.2. The molecule has 176 valence electrons. The molecule has 10 nitrogen and oxygen atoms in total. The van der Waals surface area contributed by atoms with E-state index in [1.807, 2.05) is 18.2 Å². The number of piperazine rings is 1.